The second-order valence-electron chi connectivity index (χ2n) is 7.34. The zero-order valence-electron chi connectivity index (χ0n) is 16.1. The van der Waals surface area contributed by atoms with Crippen molar-refractivity contribution >= 4 is 50.8 Å². The van der Waals surface area contributed by atoms with E-state index < -0.39 is 0 Å². The summed E-state index contributed by atoms with van der Waals surface area (Å²) >= 11 is 12.4. The molecule has 5 nitrogen and oxygen atoms in total. The van der Waals surface area contributed by atoms with Gasteiger partial charge in [-0.05, 0) is 44.2 Å². The van der Waals surface area contributed by atoms with Crippen LogP contribution in [-0.2, 0) is 0 Å². The van der Waals surface area contributed by atoms with E-state index in [9.17, 15) is 4.79 Å². The lowest BCUT2D eigenvalue weighted by Crippen LogP contribution is -2.35. The third kappa shape index (κ3) is 4.27. The Morgan fingerprint density at radius 3 is 2.59 bits per heavy atom. The number of halogens is 2. The minimum Gasteiger partial charge on any atom is -0.370 e. The van der Waals surface area contributed by atoms with Crippen molar-refractivity contribution in [3.8, 4) is 0 Å². The monoisotopic (exact) mass is 428 g/mol. The first kappa shape index (κ1) is 19.8. The SMILES string of the molecule is CC(CNc1cc(=O)c2ccccc2[nH]1)NC(C)c1cc2c(Cl)cc(Cl)cc2[nH]1. The number of nitrogens with one attached hydrogen (secondary N) is 4. The van der Waals surface area contributed by atoms with Crippen LogP contribution in [0.4, 0.5) is 5.82 Å². The number of aromatic nitrogens is 2. The minimum absolute atomic E-state index is 0.00412. The molecule has 0 amide bonds. The van der Waals surface area contributed by atoms with Crippen LogP contribution in [0.15, 0.2) is 53.3 Å². The molecule has 0 aliphatic rings. The number of aromatic amines is 2. The van der Waals surface area contributed by atoms with Crippen molar-refractivity contribution in [3.05, 3.63) is 74.5 Å². The van der Waals surface area contributed by atoms with Gasteiger partial charge in [-0.15, -0.1) is 0 Å². The lowest BCUT2D eigenvalue weighted by Gasteiger charge is -2.20. The van der Waals surface area contributed by atoms with Gasteiger partial charge in [0.15, 0.2) is 5.43 Å². The molecule has 4 rings (SSSR count). The van der Waals surface area contributed by atoms with E-state index in [1.165, 1.54) is 0 Å². The van der Waals surface area contributed by atoms with Crippen LogP contribution in [0, 0.1) is 0 Å². The van der Waals surface area contributed by atoms with Crippen LogP contribution in [0.25, 0.3) is 21.8 Å². The Balaban J connectivity index is 1.42. The molecule has 0 saturated carbocycles. The predicted octanol–water partition coefficient (Wildman–Crippen LogP) is 5.47. The van der Waals surface area contributed by atoms with Crippen molar-refractivity contribution in [1.29, 1.82) is 0 Å². The molecule has 0 aliphatic carbocycles. The summed E-state index contributed by atoms with van der Waals surface area (Å²) in [5.41, 5.74) is 2.79. The summed E-state index contributed by atoms with van der Waals surface area (Å²) in [5.74, 6) is 0.710. The van der Waals surface area contributed by atoms with E-state index in [4.69, 9.17) is 23.2 Å². The van der Waals surface area contributed by atoms with Gasteiger partial charge < -0.3 is 20.6 Å². The number of pyridine rings is 1. The molecular weight excluding hydrogens is 407 g/mol. The topological polar surface area (TPSA) is 72.7 Å². The van der Waals surface area contributed by atoms with E-state index in [1.54, 1.807) is 12.1 Å². The summed E-state index contributed by atoms with van der Waals surface area (Å²) in [4.78, 5) is 18.9. The first-order chi connectivity index (χ1) is 13.9. The molecule has 4 N–H and O–H groups in total. The van der Waals surface area contributed by atoms with Gasteiger partial charge in [0, 0.05) is 51.7 Å². The highest BCUT2D eigenvalue weighted by molar-refractivity contribution is 6.38. The average Bonchev–Trinajstić information content (AvgIpc) is 3.11. The number of hydrogen-bond acceptors (Lipinski definition) is 3. The average molecular weight is 429 g/mol. The molecule has 2 unspecified atom stereocenters. The Hall–Kier alpha value is -2.47. The molecule has 0 saturated heterocycles. The lowest BCUT2D eigenvalue weighted by atomic mass is 10.2. The summed E-state index contributed by atoms with van der Waals surface area (Å²) in [6, 6.07) is 15.0. The quantitative estimate of drug-likeness (QED) is 0.329. The fraction of sp³-hybridized carbons (Fsp3) is 0.227. The van der Waals surface area contributed by atoms with Gasteiger partial charge in [-0.3, -0.25) is 4.79 Å². The maximum atomic E-state index is 12.2. The maximum absolute atomic E-state index is 12.2. The molecule has 4 aromatic rings. The van der Waals surface area contributed by atoms with E-state index in [-0.39, 0.29) is 17.5 Å². The van der Waals surface area contributed by atoms with E-state index in [2.05, 4.69) is 34.4 Å². The maximum Gasteiger partial charge on any atom is 0.191 e. The number of para-hydroxylation sites is 1. The zero-order chi connectivity index (χ0) is 20.5. The molecule has 0 radical (unpaired) electrons. The Kier molecular flexibility index (Phi) is 5.54. The van der Waals surface area contributed by atoms with Crippen molar-refractivity contribution in [3.63, 3.8) is 0 Å². The highest BCUT2D eigenvalue weighted by Gasteiger charge is 2.14. The van der Waals surface area contributed by atoms with Gasteiger partial charge in [0.1, 0.15) is 5.82 Å². The molecule has 0 fully saturated rings. The van der Waals surface area contributed by atoms with Crippen molar-refractivity contribution in [2.24, 2.45) is 0 Å². The molecule has 2 heterocycles. The van der Waals surface area contributed by atoms with Crippen molar-refractivity contribution in [2.45, 2.75) is 25.9 Å². The zero-order valence-corrected chi connectivity index (χ0v) is 17.7. The molecule has 2 atom stereocenters. The van der Waals surface area contributed by atoms with Crippen LogP contribution in [0.5, 0.6) is 0 Å². The number of anilines is 1. The van der Waals surface area contributed by atoms with Crippen LogP contribution in [0.1, 0.15) is 25.6 Å². The number of fused-ring (bicyclic) bond motifs is 2. The van der Waals surface area contributed by atoms with Crippen LogP contribution in [-0.4, -0.2) is 22.6 Å². The van der Waals surface area contributed by atoms with E-state index in [1.807, 2.05) is 36.4 Å². The molecule has 7 heteroatoms. The molecular formula is C22H22Cl2N4O. The summed E-state index contributed by atoms with van der Waals surface area (Å²) in [6.45, 7) is 4.84. The van der Waals surface area contributed by atoms with Gasteiger partial charge >= 0.3 is 0 Å². The smallest absolute Gasteiger partial charge is 0.191 e. The standard InChI is InChI=1S/C22H22Cl2N4O/c1-12(11-25-22-10-21(29)15-5-3-4-6-18(15)28-22)26-13(2)19-9-16-17(24)7-14(23)8-20(16)27-19/h3-10,12-13,26-27H,11H2,1-2H3,(H2,25,28,29). The lowest BCUT2D eigenvalue weighted by molar-refractivity contribution is 0.487. The third-order valence-corrected chi connectivity index (χ3v) is 5.54. The summed E-state index contributed by atoms with van der Waals surface area (Å²) in [7, 11) is 0. The second kappa shape index (κ2) is 8.11. The van der Waals surface area contributed by atoms with Gasteiger partial charge in [0.25, 0.3) is 0 Å². The van der Waals surface area contributed by atoms with E-state index in [0.29, 0.717) is 27.8 Å². The Labute approximate surface area is 178 Å². The molecule has 0 spiro atoms. The fourth-order valence-electron chi connectivity index (χ4n) is 3.55. The van der Waals surface area contributed by atoms with Crippen molar-refractivity contribution in [2.75, 3.05) is 11.9 Å². The Bertz CT molecular complexity index is 1230. The van der Waals surface area contributed by atoms with Crippen LogP contribution < -0.4 is 16.1 Å². The van der Waals surface area contributed by atoms with Crippen LogP contribution >= 0.6 is 23.2 Å². The molecule has 0 bridgehead atoms. The highest BCUT2D eigenvalue weighted by atomic mass is 35.5. The summed E-state index contributed by atoms with van der Waals surface area (Å²) in [6.07, 6.45) is 0. The Morgan fingerprint density at radius 1 is 0.966 bits per heavy atom. The van der Waals surface area contributed by atoms with Gasteiger partial charge in [0.05, 0.1) is 10.5 Å². The molecule has 0 aliphatic heterocycles. The first-order valence-corrected chi connectivity index (χ1v) is 10.3. The summed E-state index contributed by atoms with van der Waals surface area (Å²) < 4.78 is 0. The summed E-state index contributed by atoms with van der Waals surface area (Å²) in [5, 5.41) is 9.76. The number of hydrogen-bond donors (Lipinski definition) is 4. The molecule has 150 valence electrons. The Morgan fingerprint density at radius 2 is 1.76 bits per heavy atom. The van der Waals surface area contributed by atoms with Crippen molar-refractivity contribution < 1.29 is 0 Å². The van der Waals surface area contributed by atoms with Crippen molar-refractivity contribution in [1.82, 2.24) is 15.3 Å². The van der Waals surface area contributed by atoms with Gasteiger partial charge in [-0.25, -0.2) is 0 Å². The van der Waals surface area contributed by atoms with Crippen LogP contribution in [0.3, 0.4) is 0 Å². The van der Waals surface area contributed by atoms with E-state index >= 15 is 0 Å². The minimum atomic E-state index is 0.00412. The van der Waals surface area contributed by atoms with Gasteiger partial charge in [-0.1, -0.05) is 35.3 Å². The first-order valence-electron chi connectivity index (χ1n) is 9.50. The largest absolute Gasteiger partial charge is 0.370 e. The second-order valence-corrected chi connectivity index (χ2v) is 8.18. The highest BCUT2D eigenvalue weighted by Crippen LogP contribution is 2.30. The van der Waals surface area contributed by atoms with E-state index in [0.717, 1.165) is 22.1 Å². The van der Waals surface area contributed by atoms with Gasteiger partial charge in [-0.2, -0.15) is 0 Å². The number of rotatable bonds is 6. The van der Waals surface area contributed by atoms with Crippen LogP contribution in [0.2, 0.25) is 10.0 Å². The molecule has 29 heavy (non-hydrogen) atoms. The predicted molar refractivity (Wildman–Crippen MR) is 122 cm³/mol. The van der Waals surface area contributed by atoms with Gasteiger partial charge in [0.2, 0.25) is 0 Å². The molecule has 2 aromatic carbocycles. The third-order valence-electron chi connectivity index (χ3n) is 5.01. The number of H-pyrrole nitrogens is 2. The molecule has 2 aromatic heterocycles. The fourth-order valence-corrected chi connectivity index (χ4v) is 4.09. The normalized spacial score (nSPS) is 13.7. The number of benzene rings is 2.